The van der Waals surface area contributed by atoms with Crippen molar-refractivity contribution in [3.05, 3.63) is 287 Å². The van der Waals surface area contributed by atoms with Crippen molar-refractivity contribution in [1.82, 2.24) is 69.9 Å². The maximum absolute atomic E-state index is 13.2. The van der Waals surface area contributed by atoms with E-state index in [4.69, 9.17) is 34.7 Å². The number of pyridine rings is 5. The van der Waals surface area contributed by atoms with Crippen LogP contribution < -0.4 is 39.7 Å². The molecule has 31 nitrogen and oxygen atoms in total. The van der Waals surface area contributed by atoms with Gasteiger partial charge in [0, 0.05) is 172 Å². The zero-order chi connectivity index (χ0) is 103. The molecule has 774 valence electrons. The molecule has 13 fully saturated rings. The molecule has 13 aliphatic heterocycles. The molecule has 5 aromatic heterocycles. The van der Waals surface area contributed by atoms with Gasteiger partial charge in [-0.2, -0.15) is 8.42 Å². The molecule has 3 N–H and O–H groups in total. The van der Waals surface area contributed by atoms with Crippen LogP contribution in [0.4, 0.5) is 46.0 Å². The minimum Gasteiger partial charge on any atom is -0.506 e. The summed E-state index contributed by atoms with van der Waals surface area (Å²) in [6, 6.07) is 62.5. The lowest BCUT2D eigenvalue weighted by atomic mass is 10.1. The predicted octanol–water partition coefficient (Wildman–Crippen LogP) is 14.6. The topological polar surface area (TPSA) is 310 Å². The van der Waals surface area contributed by atoms with E-state index in [1.54, 1.807) is 60.9 Å². The Morgan fingerprint density at radius 3 is 1.16 bits per heavy atom. The van der Waals surface area contributed by atoms with Crippen molar-refractivity contribution in [1.29, 1.82) is 0 Å². The van der Waals surface area contributed by atoms with Gasteiger partial charge >= 0.3 is 12.2 Å². The second-order valence-corrected chi connectivity index (χ2v) is 43.7. The van der Waals surface area contributed by atoms with Gasteiger partial charge in [0.15, 0.2) is 6.10 Å². The number of aryl methyl sites for hydroxylation is 2. The predicted molar refractivity (Wildman–Crippen MR) is 551 cm³/mol. The molecule has 13 saturated heterocycles. The van der Waals surface area contributed by atoms with Crippen LogP contribution in [-0.4, -0.2) is 284 Å². The zero-order valence-corrected chi connectivity index (χ0v) is 85.7. The Morgan fingerprint density at radius 2 is 0.801 bits per heavy atom. The Kier molecular flexibility index (Phi) is 33.3. The Bertz CT molecular complexity index is 6150. The fourth-order valence-electron chi connectivity index (χ4n) is 21.5. The third-order valence-electron chi connectivity index (χ3n) is 28.5. The van der Waals surface area contributed by atoms with Gasteiger partial charge in [-0.1, -0.05) is 121 Å². The molecular formula is C110H132ClF3N18O13S. The van der Waals surface area contributed by atoms with Gasteiger partial charge in [0.25, 0.3) is 16.0 Å². The van der Waals surface area contributed by atoms with Gasteiger partial charge in [0.05, 0.1) is 49.0 Å². The average molecular weight is 2040 g/mol. The van der Waals surface area contributed by atoms with Crippen molar-refractivity contribution in [3.63, 3.8) is 0 Å². The molecule has 0 radical (unpaired) electrons. The van der Waals surface area contributed by atoms with Gasteiger partial charge in [0.1, 0.15) is 87.5 Å². The van der Waals surface area contributed by atoms with Crippen LogP contribution in [0, 0.1) is 31.3 Å². The molecule has 0 saturated carbocycles. The van der Waals surface area contributed by atoms with E-state index >= 15 is 0 Å². The smallest absolute Gasteiger partial charge is 0.410 e. The molecule has 5 amide bonds. The second-order valence-electron chi connectivity index (χ2n) is 41.7. The van der Waals surface area contributed by atoms with Crippen molar-refractivity contribution in [2.75, 3.05) is 111 Å². The minimum absolute atomic E-state index is 0.0469. The SMILES string of the molecule is CC(C)(C)OC(=O)N1C[C@@H]2C[C@H]1CN2.CS(=O)(=O)O[C@H]1CCN(Cc2ccc(F)cc2)C1=O.Cc1ccc(Cl)nc1.Cc1ccc(N2C[C@@H]3C[C@H]2CN3C(=O)OC(C)(C)C)nc1.O=C1[C@H](N2C[C@@H]3C[C@H]2CN3c2ccc(O)cn2)CCN1Cc1ccc(F)cc1.O=C1[C@H](N2C[C@@H]3C[C@H]2CN3c2ccc(OCc3ccccc3)cn2)CCN1Cc1ccc(F)cc1.c1ccc(COc2ccc(N3C[C@@H]4C[C@H]3CN4)nc2)cc1. The van der Waals surface area contributed by atoms with Gasteiger partial charge in [-0.05, 0) is 224 Å². The first kappa shape index (κ1) is 105. The minimum atomic E-state index is -3.64. The highest BCUT2D eigenvalue weighted by molar-refractivity contribution is 7.86. The molecule has 23 rings (SSSR count). The fourth-order valence-corrected chi connectivity index (χ4v) is 22.2. The van der Waals surface area contributed by atoms with Crippen LogP contribution in [0.15, 0.2) is 225 Å². The molecule has 0 aliphatic carbocycles. The number of rotatable bonds is 20. The Balaban J connectivity index is 0.000000120. The summed E-state index contributed by atoms with van der Waals surface area (Å²) < 4.78 is 88.2. The normalized spacial score (nSPS) is 23.9. The molecule has 10 aromatic rings. The summed E-state index contributed by atoms with van der Waals surface area (Å²) >= 11 is 5.50. The molecule has 5 aromatic carbocycles. The lowest BCUT2D eigenvalue weighted by molar-refractivity contribution is -0.134. The van der Waals surface area contributed by atoms with E-state index in [2.05, 4.69) is 95.3 Å². The lowest BCUT2D eigenvalue weighted by Gasteiger charge is -2.37. The van der Waals surface area contributed by atoms with E-state index in [1.807, 2.05) is 166 Å². The summed E-state index contributed by atoms with van der Waals surface area (Å²) in [4.78, 5) is 107. The van der Waals surface area contributed by atoms with Crippen LogP contribution >= 0.6 is 11.6 Å². The van der Waals surface area contributed by atoms with Gasteiger partial charge < -0.3 is 78.8 Å². The monoisotopic (exact) mass is 2040 g/mol. The number of piperazine rings is 5. The number of nitrogens with zero attached hydrogens (tertiary/aromatic N) is 16. The standard InChI is InChI=1S/C28H29FN4O2.C21H23FN4O2.C17H19N3O.C16H23N3O2.C12H14FNO4S.C10H18N2O2.C6H6ClN/c29-22-8-6-20(7-9-22)16-31-13-12-26(28(31)34)32-17-24-14-23(32)18-33(24)27-11-10-25(15-30-27)35-19-21-4-2-1-3-5-21;22-15-3-1-14(2-4-15)11-24-8-7-19(21(24)28)25-12-17-9-16(25)13-26(17)20-6-5-18(27)10-23-20;1-2-4-13(5-3-1)12-21-16-6-7-17(19-10-16)20-11-14-8-15(20)9-18-14;1-11-5-6-14(17-8-11)18-9-13-7-12(18)10-19(13)15(20)21-16(2,3)4;1-19(16,17)18-11-6-7-14(12(11)15)8-9-2-4-10(13)5-3-9;1-10(2,3)14-9(13)12-6-7-4-8(12)5-11-7;1-5-2-3-6(7)8-4-5/h1-11,15,23-24,26H,12-14,16-19H2;1-6,10,16-17,19,27H,7-9,11-13H2;1-7,10,14-15,18H,8-9,11-12H2;5-6,8,12-13H,7,9-10H2,1-4H3;2-5,11H,6-8H2,1H3;7-8,11H,4-6H2,1-3H3;2-4H,1H3/t23-,24-,26+;16-,17-,19+;14-,15-;12-,13-;11-;7-,8-;/m000000./s1. The maximum Gasteiger partial charge on any atom is 0.410 e. The van der Waals surface area contributed by atoms with E-state index in [0.29, 0.717) is 105 Å². The molecular weight excluding hydrogens is 1910 g/mol. The quantitative estimate of drug-likeness (QED) is 0.0471. The lowest BCUT2D eigenvalue weighted by Crippen LogP contribution is -2.52. The number of hydrogen-bond acceptors (Lipinski definition) is 26. The molecule has 13 aliphatic rings. The van der Waals surface area contributed by atoms with Gasteiger partial charge in [-0.3, -0.25) is 28.4 Å². The highest BCUT2D eigenvalue weighted by Crippen LogP contribution is 2.42. The number of benzene rings is 5. The van der Waals surface area contributed by atoms with E-state index in [-0.39, 0.29) is 76.8 Å². The first-order valence-electron chi connectivity index (χ1n) is 50.5. The largest absolute Gasteiger partial charge is 0.506 e. The number of fused-ring (bicyclic) bond motifs is 10. The van der Waals surface area contributed by atoms with Crippen LogP contribution in [0.3, 0.4) is 0 Å². The number of hydrogen-bond donors (Lipinski definition) is 3. The van der Waals surface area contributed by atoms with E-state index in [9.17, 15) is 50.7 Å². The number of halogens is 4. The van der Waals surface area contributed by atoms with Gasteiger partial charge in [-0.15, -0.1) is 0 Å². The number of likely N-dealkylation sites (tertiary alicyclic amines) is 7. The summed E-state index contributed by atoms with van der Waals surface area (Å²) in [7, 11) is -3.64. The number of ether oxygens (including phenoxy) is 4. The summed E-state index contributed by atoms with van der Waals surface area (Å²) in [6.45, 7) is 28.9. The number of aromatic nitrogens is 5. The van der Waals surface area contributed by atoms with Crippen molar-refractivity contribution in [2.45, 2.75) is 229 Å². The van der Waals surface area contributed by atoms with Crippen molar-refractivity contribution in [3.8, 4) is 17.2 Å². The second kappa shape index (κ2) is 46.5. The van der Waals surface area contributed by atoms with E-state index in [0.717, 1.165) is 186 Å². The highest BCUT2D eigenvalue weighted by atomic mass is 35.5. The Labute approximate surface area is 857 Å². The molecule has 18 heterocycles. The number of carbonyl (C=O) groups excluding carboxylic acids is 5. The first-order chi connectivity index (χ1) is 70.0. The first-order valence-corrected chi connectivity index (χ1v) is 52.7. The van der Waals surface area contributed by atoms with E-state index < -0.39 is 21.8 Å². The number of amides is 5. The Morgan fingerprint density at radius 1 is 0.411 bits per heavy atom. The molecule has 10 bridgehead atoms. The van der Waals surface area contributed by atoms with Crippen LogP contribution in [0.25, 0.3) is 0 Å². The number of aromatic hydroxyl groups is 1. The van der Waals surface area contributed by atoms with Crippen molar-refractivity contribution >= 4 is 74.9 Å². The number of carbonyl (C=O) groups is 5. The summed E-state index contributed by atoms with van der Waals surface area (Å²) in [5.41, 5.74) is 6.50. The van der Waals surface area contributed by atoms with Crippen molar-refractivity contribution < 1.29 is 73.8 Å². The van der Waals surface area contributed by atoms with Crippen LogP contribution in [0.2, 0.25) is 5.15 Å². The zero-order valence-electron chi connectivity index (χ0n) is 84.2. The molecule has 0 spiro atoms. The van der Waals surface area contributed by atoms with Crippen LogP contribution in [0.1, 0.15) is 132 Å². The highest BCUT2D eigenvalue weighted by Gasteiger charge is 2.53. The maximum atomic E-state index is 13.2. The van der Waals surface area contributed by atoms with Crippen molar-refractivity contribution in [2.24, 2.45) is 0 Å². The number of nitrogens with one attached hydrogen (secondary N) is 2. The fraction of sp³-hybridized carbons (Fsp3) is 0.455. The van der Waals surface area contributed by atoms with Crippen LogP contribution in [0.5, 0.6) is 17.2 Å². The molecule has 36 heteroatoms. The summed E-state index contributed by atoms with van der Waals surface area (Å²) in [5.74, 6) is 4.89. The summed E-state index contributed by atoms with van der Waals surface area (Å²) in [6.07, 6.45) is 15.9. The van der Waals surface area contributed by atoms with Gasteiger partial charge in [0.2, 0.25) is 11.8 Å². The third kappa shape index (κ3) is 27.4. The average Bonchev–Trinajstić information content (AvgIpc) is 1.59. The molecule has 13 atom stereocenters. The summed E-state index contributed by atoms with van der Waals surface area (Å²) in [5, 5.41) is 16.9. The molecule has 0 unspecified atom stereocenters. The third-order valence-corrected chi connectivity index (χ3v) is 29.3. The number of anilines is 4. The van der Waals surface area contributed by atoms with Crippen LogP contribution in [-0.2, 0) is 71.0 Å². The van der Waals surface area contributed by atoms with Gasteiger partial charge in [-0.25, -0.2) is 47.7 Å². The molecule has 146 heavy (non-hydrogen) atoms. The van der Waals surface area contributed by atoms with E-state index in [1.165, 1.54) is 65.0 Å². The Hall–Kier alpha value is -12.8.